The summed E-state index contributed by atoms with van der Waals surface area (Å²) >= 11 is 0. The molecule has 2 aliphatic rings. The van der Waals surface area contributed by atoms with Crippen molar-refractivity contribution in [3.05, 3.63) is 34.9 Å². The topological polar surface area (TPSA) is 21.3 Å². The van der Waals surface area contributed by atoms with Gasteiger partial charge < -0.3 is 10.1 Å². The van der Waals surface area contributed by atoms with Crippen molar-refractivity contribution in [2.45, 2.75) is 64.0 Å². The maximum atomic E-state index is 6.05. The molecule has 0 saturated carbocycles. The summed E-state index contributed by atoms with van der Waals surface area (Å²) in [4.78, 5) is 0. The minimum Gasteiger partial charge on any atom is -0.376 e. The molecule has 1 aromatic carbocycles. The van der Waals surface area contributed by atoms with Crippen LogP contribution in [-0.4, -0.2) is 19.3 Å². The van der Waals surface area contributed by atoms with Gasteiger partial charge in [-0.25, -0.2) is 0 Å². The van der Waals surface area contributed by atoms with Gasteiger partial charge in [0.25, 0.3) is 0 Å². The van der Waals surface area contributed by atoms with E-state index in [2.05, 4.69) is 30.4 Å². The molecule has 1 saturated heterocycles. The zero-order valence-corrected chi connectivity index (χ0v) is 12.7. The number of rotatable bonds is 5. The van der Waals surface area contributed by atoms with E-state index in [0.717, 1.165) is 13.2 Å². The molecule has 1 aromatic rings. The normalized spacial score (nSPS) is 23.6. The molecule has 2 unspecified atom stereocenters. The van der Waals surface area contributed by atoms with Crippen LogP contribution in [0.1, 0.15) is 61.8 Å². The molecular formula is C18H27NO. The van der Waals surface area contributed by atoms with Crippen LogP contribution in [-0.2, 0) is 17.6 Å². The highest BCUT2D eigenvalue weighted by Gasteiger charge is 2.26. The van der Waals surface area contributed by atoms with Gasteiger partial charge in [-0.1, -0.05) is 25.1 Å². The van der Waals surface area contributed by atoms with Gasteiger partial charge in [0.1, 0.15) is 0 Å². The summed E-state index contributed by atoms with van der Waals surface area (Å²) in [7, 11) is 0. The van der Waals surface area contributed by atoms with Crippen molar-refractivity contribution in [2.75, 3.05) is 13.2 Å². The third-order valence-corrected chi connectivity index (χ3v) is 4.68. The highest BCUT2D eigenvalue weighted by Crippen LogP contribution is 2.30. The molecule has 1 aliphatic heterocycles. The van der Waals surface area contributed by atoms with Gasteiger partial charge in [-0.15, -0.1) is 0 Å². The van der Waals surface area contributed by atoms with Crippen LogP contribution in [0.25, 0.3) is 0 Å². The van der Waals surface area contributed by atoms with Crippen molar-refractivity contribution in [1.29, 1.82) is 0 Å². The van der Waals surface area contributed by atoms with E-state index >= 15 is 0 Å². The Bertz CT molecular complexity index is 437. The van der Waals surface area contributed by atoms with Gasteiger partial charge in [0.05, 0.1) is 12.1 Å². The van der Waals surface area contributed by atoms with Crippen LogP contribution in [0, 0.1) is 0 Å². The number of hydrogen-bond donors (Lipinski definition) is 1. The summed E-state index contributed by atoms with van der Waals surface area (Å²) in [5.41, 5.74) is 4.57. The van der Waals surface area contributed by atoms with Gasteiger partial charge >= 0.3 is 0 Å². The van der Waals surface area contributed by atoms with E-state index in [0.29, 0.717) is 12.1 Å². The molecule has 20 heavy (non-hydrogen) atoms. The Labute approximate surface area is 122 Å². The van der Waals surface area contributed by atoms with Gasteiger partial charge in [-0.3, -0.25) is 0 Å². The van der Waals surface area contributed by atoms with Crippen LogP contribution in [0.4, 0.5) is 0 Å². The number of fused-ring (bicyclic) bond motifs is 1. The quantitative estimate of drug-likeness (QED) is 0.881. The molecule has 0 radical (unpaired) electrons. The third kappa shape index (κ3) is 3.07. The Morgan fingerprint density at radius 2 is 2.10 bits per heavy atom. The summed E-state index contributed by atoms with van der Waals surface area (Å²) in [6.07, 6.45) is 9.10. The highest BCUT2D eigenvalue weighted by atomic mass is 16.5. The molecule has 0 bridgehead atoms. The fraction of sp³-hybridized carbons (Fsp3) is 0.667. The van der Waals surface area contributed by atoms with Gasteiger partial charge in [0.2, 0.25) is 0 Å². The lowest BCUT2D eigenvalue weighted by atomic mass is 9.93. The van der Waals surface area contributed by atoms with Gasteiger partial charge in [0.15, 0.2) is 0 Å². The second kappa shape index (κ2) is 6.73. The molecule has 1 N–H and O–H groups in total. The van der Waals surface area contributed by atoms with Crippen LogP contribution >= 0.6 is 0 Å². The minimum atomic E-state index is 0.356. The van der Waals surface area contributed by atoms with Gasteiger partial charge in [-0.05, 0) is 68.2 Å². The molecule has 0 aromatic heterocycles. The SMILES string of the molecule is CCCNC(c1ccc2c(c1)CCC2)C1CCCCO1. The highest BCUT2D eigenvalue weighted by molar-refractivity contribution is 5.37. The molecule has 2 heteroatoms. The van der Waals surface area contributed by atoms with Crippen LogP contribution < -0.4 is 5.32 Å². The first-order valence-corrected chi connectivity index (χ1v) is 8.35. The summed E-state index contributed by atoms with van der Waals surface area (Å²) < 4.78 is 6.05. The standard InChI is InChI=1S/C18H27NO/c1-2-11-19-18(17-8-3-4-12-20-17)16-10-9-14-6-5-7-15(14)13-16/h9-10,13,17-19H,2-8,11-12H2,1H3. The molecule has 2 atom stereocenters. The maximum absolute atomic E-state index is 6.05. The second-order valence-corrected chi connectivity index (χ2v) is 6.22. The van der Waals surface area contributed by atoms with E-state index < -0.39 is 0 Å². The lowest BCUT2D eigenvalue weighted by Crippen LogP contribution is -2.36. The van der Waals surface area contributed by atoms with Gasteiger partial charge in [-0.2, -0.15) is 0 Å². The first kappa shape index (κ1) is 14.1. The number of benzene rings is 1. The van der Waals surface area contributed by atoms with E-state index in [1.54, 1.807) is 11.1 Å². The van der Waals surface area contributed by atoms with Crippen molar-refractivity contribution < 1.29 is 4.74 Å². The molecule has 0 spiro atoms. The zero-order valence-electron chi connectivity index (χ0n) is 12.7. The van der Waals surface area contributed by atoms with Crippen molar-refractivity contribution in [3.8, 4) is 0 Å². The molecule has 1 fully saturated rings. The first-order valence-electron chi connectivity index (χ1n) is 8.35. The molecule has 0 amide bonds. The molecule has 1 aliphatic carbocycles. The van der Waals surface area contributed by atoms with E-state index in [9.17, 15) is 0 Å². The van der Waals surface area contributed by atoms with Crippen molar-refractivity contribution in [2.24, 2.45) is 0 Å². The monoisotopic (exact) mass is 273 g/mol. The Kier molecular flexibility index (Phi) is 4.74. The molecule has 110 valence electrons. The Morgan fingerprint density at radius 1 is 1.20 bits per heavy atom. The summed E-state index contributed by atoms with van der Waals surface area (Å²) in [5, 5.41) is 3.72. The summed E-state index contributed by atoms with van der Waals surface area (Å²) in [5.74, 6) is 0. The Balaban J connectivity index is 1.80. The fourth-order valence-corrected chi connectivity index (χ4v) is 3.58. The smallest absolute Gasteiger partial charge is 0.0769 e. The average Bonchev–Trinajstić information content (AvgIpc) is 2.96. The average molecular weight is 273 g/mol. The van der Waals surface area contributed by atoms with Crippen LogP contribution in [0.15, 0.2) is 18.2 Å². The van der Waals surface area contributed by atoms with Crippen LogP contribution in [0.2, 0.25) is 0 Å². The molecular weight excluding hydrogens is 246 g/mol. The molecule has 1 heterocycles. The van der Waals surface area contributed by atoms with Crippen molar-refractivity contribution in [1.82, 2.24) is 5.32 Å². The van der Waals surface area contributed by atoms with Crippen LogP contribution in [0.5, 0.6) is 0 Å². The second-order valence-electron chi connectivity index (χ2n) is 6.22. The number of ether oxygens (including phenoxy) is 1. The van der Waals surface area contributed by atoms with E-state index in [4.69, 9.17) is 4.74 Å². The third-order valence-electron chi connectivity index (χ3n) is 4.68. The Hall–Kier alpha value is -0.860. The number of hydrogen-bond acceptors (Lipinski definition) is 2. The summed E-state index contributed by atoms with van der Waals surface area (Å²) in [6.45, 7) is 4.23. The van der Waals surface area contributed by atoms with E-state index in [1.807, 2.05) is 0 Å². The summed E-state index contributed by atoms with van der Waals surface area (Å²) in [6, 6.07) is 7.49. The maximum Gasteiger partial charge on any atom is 0.0769 e. The van der Waals surface area contributed by atoms with Crippen molar-refractivity contribution >= 4 is 0 Å². The zero-order chi connectivity index (χ0) is 13.8. The molecule has 3 rings (SSSR count). The lowest BCUT2D eigenvalue weighted by molar-refractivity contribution is -0.00816. The van der Waals surface area contributed by atoms with Crippen LogP contribution in [0.3, 0.4) is 0 Å². The predicted molar refractivity (Wildman–Crippen MR) is 83.1 cm³/mol. The Morgan fingerprint density at radius 3 is 2.90 bits per heavy atom. The molecule has 2 nitrogen and oxygen atoms in total. The van der Waals surface area contributed by atoms with Gasteiger partial charge in [0, 0.05) is 6.61 Å². The predicted octanol–water partition coefficient (Wildman–Crippen LogP) is 3.79. The number of nitrogens with one attached hydrogen (secondary N) is 1. The van der Waals surface area contributed by atoms with Crippen molar-refractivity contribution in [3.63, 3.8) is 0 Å². The number of aryl methyl sites for hydroxylation is 2. The van der Waals surface area contributed by atoms with E-state index in [-0.39, 0.29) is 0 Å². The fourth-order valence-electron chi connectivity index (χ4n) is 3.58. The minimum absolute atomic E-state index is 0.356. The lowest BCUT2D eigenvalue weighted by Gasteiger charge is -2.32. The largest absolute Gasteiger partial charge is 0.376 e. The first-order chi connectivity index (χ1) is 9.88. The van der Waals surface area contributed by atoms with E-state index in [1.165, 1.54) is 50.5 Å².